The fourth-order valence-corrected chi connectivity index (χ4v) is 5.60. The molecular weight excluding hydrogens is 509 g/mol. The number of nitrogens with one attached hydrogen (secondary N) is 1. The third-order valence-corrected chi connectivity index (χ3v) is 8.03. The average molecular weight is 544 g/mol. The second kappa shape index (κ2) is 11.6. The van der Waals surface area contributed by atoms with Crippen molar-refractivity contribution < 1.29 is 33.2 Å². The largest absolute Gasteiger partial charge is 0.475 e. The summed E-state index contributed by atoms with van der Waals surface area (Å²) < 4.78 is 32.9. The van der Waals surface area contributed by atoms with Crippen molar-refractivity contribution in [2.24, 2.45) is 11.8 Å². The standard InChI is InChI=1S/C27H35BF2N4O5/c1-26(2,33-11-10-27(29,30)17-33)13-20(14-31)24(35)34-15-19-12-21(19)22(34)16-39-25(36)32-23(28(37)38)9-8-18-6-4-3-5-7-18/h3-7,13,19,21-23,37-38H,8-12,15-17H2,1-2H3,(H,32,36)/t19-,21-,22-,23-/m0/s1. The molecule has 1 saturated carbocycles. The van der Waals surface area contributed by atoms with Crippen LogP contribution in [0.15, 0.2) is 42.0 Å². The van der Waals surface area contributed by atoms with Crippen LogP contribution in [-0.2, 0) is 16.0 Å². The Balaban J connectivity index is 1.35. The fourth-order valence-electron chi connectivity index (χ4n) is 5.60. The number of ether oxygens (including phenoxy) is 1. The van der Waals surface area contributed by atoms with Gasteiger partial charge in [-0.3, -0.25) is 9.69 Å². The number of amides is 2. The predicted octanol–water partition coefficient (Wildman–Crippen LogP) is 2.14. The number of nitrogens with zero attached hydrogens (tertiary/aromatic N) is 3. The summed E-state index contributed by atoms with van der Waals surface area (Å²) in [5.41, 5.74) is -0.0637. The highest BCUT2D eigenvalue weighted by atomic mass is 19.3. The summed E-state index contributed by atoms with van der Waals surface area (Å²) in [4.78, 5) is 29.0. The molecule has 3 N–H and O–H groups in total. The molecule has 0 bridgehead atoms. The lowest BCUT2D eigenvalue weighted by Gasteiger charge is -2.33. The monoisotopic (exact) mass is 544 g/mol. The summed E-state index contributed by atoms with van der Waals surface area (Å²) in [5.74, 6) is -3.85. The van der Waals surface area contributed by atoms with Gasteiger partial charge in [-0.15, -0.1) is 0 Å². The molecule has 0 aromatic heterocycles. The summed E-state index contributed by atoms with van der Waals surface area (Å²) in [6.07, 6.45) is 2.04. The number of hydrogen-bond donors (Lipinski definition) is 3. The topological polar surface area (TPSA) is 126 Å². The van der Waals surface area contributed by atoms with Crippen molar-refractivity contribution in [1.82, 2.24) is 15.1 Å². The average Bonchev–Trinajstić information content (AvgIpc) is 3.41. The SMILES string of the molecule is CC(C)(C=C(C#N)C(=O)N1C[C@@H]2C[C@@H]2[C@@H]1COC(=O)N[C@@H](CCc1ccccc1)B(O)O)N1CCC(F)(F)C1. The van der Waals surface area contributed by atoms with Gasteiger partial charge in [0, 0.05) is 25.0 Å². The van der Waals surface area contributed by atoms with Crippen LogP contribution >= 0.6 is 0 Å². The molecule has 1 aromatic carbocycles. The third-order valence-electron chi connectivity index (χ3n) is 8.03. The number of benzene rings is 1. The van der Waals surface area contributed by atoms with Crippen molar-refractivity contribution in [3.63, 3.8) is 0 Å². The first-order chi connectivity index (χ1) is 18.4. The summed E-state index contributed by atoms with van der Waals surface area (Å²) in [5, 5.41) is 31.7. The maximum Gasteiger partial charge on any atom is 0.475 e. The zero-order valence-corrected chi connectivity index (χ0v) is 22.2. The molecule has 4 rings (SSSR count). The smallest absolute Gasteiger partial charge is 0.447 e. The molecule has 210 valence electrons. The Bertz CT molecular complexity index is 1130. The first-order valence-electron chi connectivity index (χ1n) is 13.3. The molecule has 3 fully saturated rings. The number of carbonyl (C=O) groups is 2. The number of likely N-dealkylation sites (tertiary alicyclic amines) is 2. The summed E-state index contributed by atoms with van der Waals surface area (Å²) in [7, 11) is -1.78. The number of rotatable bonds is 10. The summed E-state index contributed by atoms with van der Waals surface area (Å²) >= 11 is 0. The van der Waals surface area contributed by atoms with E-state index in [1.807, 2.05) is 36.4 Å². The minimum absolute atomic E-state index is 0.105. The Morgan fingerprint density at radius 1 is 1.33 bits per heavy atom. The fraction of sp³-hybridized carbons (Fsp3) is 0.593. The minimum Gasteiger partial charge on any atom is -0.447 e. The van der Waals surface area contributed by atoms with Gasteiger partial charge >= 0.3 is 13.2 Å². The highest BCUT2D eigenvalue weighted by Gasteiger charge is 2.55. The van der Waals surface area contributed by atoms with Gasteiger partial charge < -0.3 is 25.0 Å². The lowest BCUT2D eigenvalue weighted by Crippen LogP contribution is -2.48. The molecule has 0 spiro atoms. The van der Waals surface area contributed by atoms with Crippen molar-refractivity contribution in [3.8, 4) is 6.07 Å². The number of hydrogen-bond acceptors (Lipinski definition) is 7. The van der Waals surface area contributed by atoms with E-state index in [0.717, 1.165) is 12.0 Å². The molecule has 3 aliphatic rings. The predicted molar refractivity (Wildman–Crippen MR) is 139 cm³/mol. The van der Waals surface area contributed by atoms with E-state index < -0.39 is 49.1 Å². The molecule has 2 heterocycles. The summed E-state index contributed by atoms with van der Waals surface area (Å²) in [6, 6.07) is 11.0. The van der Waals surface area contributed by atoms with Crippen LogP contribution in [0.1, 0.15) is 38.7 Å². The minimum atomic E-state index is -2.80. The van der Waals surface area contributed by atoms with Crippen LogP contribution in [0.25, 0.3) is 0 Å². The van der Waals surface area contributed by atoms with E-state index >= 15 is 0 Å². The zero-order valence-electron chi connectivity index (χ0n) is 22.2. The Morgan fingerprint density at radius 3 is 2.67 bits per heavy atom. The zero-order chi connectivity index (χ0) is 28.4. The van der Waals surface area contributed by atoms with E-state index in [1.54, 1.807) is 18.7 Å². The van der Waals surface area contributed by atoms with Gasteiger partial charge in [0.05, 0.1) is 18.5 Å². The number of aryl methyl sites for hydroxylation is 1. The lowest BCUT2D eigenvalue weighted by molar-refractivity contribution is -0.129. The van der Waals surface area contributed by atoms with E-state index in [4.69, 9.17) is 4.74 Å². The van der Waals surface area contributed by atoms with Crippen LogP contribution in [0, 0.1) is 23.2 Å². The molecule has 2 aliphatic heterocycles. The first-order valence-corrected chi connectivity index (χ1v) is 13.3. The second-order valence-corrected chi connectivity index (χ2v) is 11.3. The lowest BCUT2D eigenvalue weighted by atomic mass is 9.76. The maximum absolute atomic E-state index is 13.8. The molecular formula is C27H35BF2N4O5. The maximum atomic E-state index is 13.8. The number of alkyl halides is 2. The quantitative estimate of drug-likeness (QED) is 0.234. The van der Waals surface area contributed by atoms with Gasteiger partial charge in [0.1, 0.15) is 18.2 Å². The molecule has 0 unspecified atom stereocenters. The number of carbonyl (C=O) groups excluding carboxylic acids is 2. The molecule has 9 nitrogen and oxygen atoms in total. The molecule has 2 amide bonds. The first kappa shape index (κ1) is 29.0. The molecule has 39 heavy (non-hydrogen) atoms. The van der Waals surface area contributed by atoms with Gasteiger partial charge in [-0.2, -0.15) is 5.26 Å². The Labute approximate surface area is 227 Å². The van der Waals surface area contributed by atoms with Gasteiger partial charge in [0.25, 0.3) is 11.8 Å². The van der Waals surface area contributed by atoms with Crippen LogP contribution in [0.3, 0.4) is 0 Å². The van der Waals surface area contributed by atoms with Gasteiger partial charge in [0.15, 0.2) is 0 Å². The highest BCUT2D eigenvalue weighted by Crippen LogP contribution is 2.50. The van der Waals surface area contributed by atoms with E-state index in [-0.39, 0.29) is 43.4 Å². The highest BCUT2D eigenvalue weighted by molar-refractivity contribution is 6.43. The van der Waals surface area contributed by atoms with Crippen molar-refractivity contribution in [3.05, 3.63) is 47.5 Å². The Hall–Kier alpha value is -3.01. The van der Waals surface area contributed by atoms with Crippen molar-refractivity contribution in [2.45, 2.75) is 63.0 Å². The molecule has 0 radical (unpaired) electrons. The van der Waals surface area contributed by atoms with Gasteiger partial charge in [0.2, 0.25) is 0 Å². The van der Waals surface area contributed by atoms with Crippen LogP contribution in [-0.4, -0.2) is 88.7 Å². The van der Waals surface area contributed by atoms with Crippen LogP contribution in [0.4, 0.5) is 13.6 Å². The van der Waals surface area contributed by atoms with E-state index in [9.17, 15) is 33.7 Å². The van der Waals surface area contributed by atoms with Crippen LogP contribution < -0.4 is 5.32 Å². The van der Waals surface area contributed by atoms with Gasteiger partial charge in [-0.1, -0.05) is 30.3 Å². The number of halogens is 2. The van der Waals surface area contributed by atoms with Crippen molar-refractivity contribution >= 4 is 19.1 Å². The van der Waals surface area contributed by atoms with E-state index in [0.29, 0.717) is 13.0 Å². The molecule has 1 aliphatic carbocycles. The number of piperidine rings is 1. The molecule has 12 heteroatoms. The van der Waals surface area contributed by atoms with E-state index in [2.05, 4.69) is 5.32 Å². The number of fused-ring (bicyclic) bond motifs is 1. The number of nitriles is 1. The second-order valence-electron chi connectivity index (χ2n) is 11.3. The Kier molecular flexibility index (Phi) is 8.64. The van der Waals surface area contributed by atoms with Crippen LogP contribution in [0.2, 0.25) is 0 Å². The molecule has 4 atom stereocenters. The van der Waals surface area contributed by atoms with Crippen molar-refractivity contribution in [2.75, 3.05) is 26.2 Å². The third kappa shape index (κ3) is 7.15. The normalized spacial score (nSPS) is 25.0. The van der Waals surface area contributed by atoms with Gasteiger partial charge in [-0.25, -0.2) is 13.6 Å². The van der Waals surface area contributed by atoms with Crippen LogP contribution in [0.5, 0.6) is 0 Å². The van der Waals surface area contributed by atoms with Crippen molar-refractivity contribution in [1.29, 1.82) is 5.26 Å². The van der Waals surface area contributed by atoms with E-state index in [1.165, 1.54) is 11.0 Å². The van der Waals surface area contributed by atoms with Gasteiger partial charge in [-0.05, 0) is 56.6 Å². The molecule has 1 aromatic rings. The Morgan fingerprint density at radius 2 is 2.05 bits per heavy atom. The number of alkyl carbamates (subject to hydrolysis) is 1. The molecule has 2 saturated heterocycles. The summed E-state index contributed by atoms with van der Waals surface area (Å²) in [6.45, 7) is 3.46.